The lowest BCUT2D eigenvalue weighted by Gasteiger charge is -2.16. The summed E-state index contributed by atoms with van der Waals surface area (Å²) in [6.07, 6.45) is 2.13. The largest absolute Gasteiger partial charge is 0.494 e. The van der Waals surface area contributed by atoms with Gasteiger partial charge in [0.05, 0.1) is 6.61 Å². The summed E-state index contributed by atoms with van der Waals surface area (Å²) < 4.78 is 5.78. The number of nitrogens with one attached hydrogen (secondary N) is 2. The Bertz CT molecular complexity index is 689. The third kappa shape index (κ3) is 10.9. The van der Waals surface area contributed by atoms with E-state index in [0.717, 1.165) is 50.8 Å². The minimum absolute atomic E-state index is 0. The second-order valence-electron chi connectivity index (χ2n) is 7.34. The van der Waals surface area contributed by atoms with Crippen LogP contribution in [0.2, 0.25) is 0 Å². The molecule has 7 heteroatoms. The molecule has 1 heterocycles. The lowest BCUT2D eigenvalue weighted by atomic mass is 10.1. The van der Waals surface area contributed by atoms with Crippen LogP contribution in [0.4, 0.5) is 0 Å². The molecule has 162 valence electrons. The summed E-state index contributed by atoms with van der Waals surface area (Å²) in [5.41, 5.74) is 1.20. The van der Waals surface area contributed by atoms with Crippen molar-refractivity contribution in [1.29, 1.82) is 0 Å². The zero-order valence-corrected chi connectivity index (χ0v) is 21.1. The predicted molar refractivity (Wildman–Crippen MR) is 136 cm³/mol. The van der Waals surface area contributed by atoms with Gasteiger partial charge in [0.2, 0.25) is 0 Å². The summed E-state index contributed by atoms with van der Waals surface area (Å²) in [5, 5.41) is 8.94. The van der Waals surface area contributed by atoms with Crippen LogP contribution in [0.1, 0.15) is 23.8 Å². The summed E-state index contributed by atoms with van der Waals surface area (Å²) >= 11 is 1.82. The van der Waals surface area contributed by atoms with Crippen LogP contribution >= 0.6 is 35.3 Å². The second-order valence-corrected chi connectivity index (χ2v) is 8.38. The molecule has 0 saturated carbocycles. The first kappa shape index (κ1) is 25.7. The van der Waals surface area contributed by atoms with Crippen molar-refractivity contribution in [3.8, 4) is 5.75 Å². The van der Waals surface area contributed by atoms with Crippen molar-refractivity contribution in [3.63, 3.8) is 0 Å². The number of halogens is 1. The molecule has 2 N–H and O–H groups in total. The number of benzene rings is 1. The van der Waals surface area contributed by atoms with Gasteiger partial charge in [-0.25, -0.2) is 0 Å². The van der Waals surface area contributed by atoms with Crippen molar-refractivity contribution >= 4 is 41.3 Å². The molecule has 0 aliphatic heterocycles. The van der Waals surface area contributed by atoms with E-state index in [1.54, 1.807) is 0 Å². The molecule has 0 amide bonds. The predicted octanol–water partition coefficient (Wildman–Crippen LogP) is 4.24. The average Bonchev–Trinajstić information content (AvgIpc) is 3.19. The Morgan fingerprint density at radius 2 is 1.93 bits per heavy atom. The quantitative estimate of drug-likeness (QED) is 0.198. The van der Waals surface area contributed by atoms with Crippen molar-refractivity contribution < 1.29 is 4.74 Å². The third-order valence-corrected chi connectivity index (χ3v) is 5.27. The van der Waals surface area contributed by atoms with Gasteiger partial charge in [-0.3, -0.25) is 4.99 Å². The molecule has 0 bridgehead atoms. The molecule has 0 aliphatic carbocycles. The van der Waals surface area contributed by atoms with Crippen LogP contribution in [0.5, 0.6) is 5.75 Å². The molecule has 0 radical (unpaired) electrons. The minimum Gasteiger partial charge on any atom is -0.494 e. The summed E-state index contributed by atoms with van der Waals surface area (Å²) in [7, 11) is 5.97. The Morgan fingerprint density at radius 1 is 1.17 bits per heavy atom. The fraction of sp³-hybridized carbons (Fsp3) is 0.500. The van der Waals surface area contributed by atoms with Crippen molar-refractivity contribution in [2.75, 3.05) is 40.8 Å². The highest BCUT2D eigenvalue weighted by Gasteiger charge is 2.06. The van der Waals surface area contributed by atoms with E-state index in [9.17, 15) is 0 Å². The second kappa shape index (κ2) is 14.6. The van der Waals surface area contributed by atoms with Gasteiger partial charge in [0, 0.05) is 31.6 Å². The molecule has 1 atom stereocenters. The summed E-state index contributed by atoms with van der Waals surface area (Å²) in [5.74, 6) is 2.32. The standard InChI is InChI=1S/C22H34N4OS.HI/c1-18(15-21-7-5-14-28-21)16-24-22(23-2)25-17-19-8-10-20(11-9-19)27-13-6-12-26(3)4;/h5,7-11,14,18H,6,12-13,15-17H2,1-4H3,(H2,23,24,25);1H. The lowest BCUT2D eigenvalue weighted by Crippen LogP contribution is -2.39. The lowest BCUT2D eigenvalue weighted by molar-refractivity contribution is 0.281. The van der Waals surface area contributed by atoms with Crippen LogP contribution in [0, 0.1) is 5.92 Å². The molecule has 0 fully saturated rings. The molecular formula is C22H35IN4OS. The number of thiophene rings is 1. The topological polar surface area (TPSA) is 48.9 Å². The molecule has 0 aliphatic rings. The third-order valence-electron chi connectivity index (χ3n) is 4.37. The van der Waals surface area contributed by atoms with E-state index in [0.29, 0.717) is 5.92 Å². The Morgan fingerprint density at radius 3 is 2.55 bits per heavy atom. The van der Waals surface area contributed by atoms with Gasteiger partial charge in [-0.1, -0.05) is 25.1 Å². The minimum atomic E-state index is 0. The first-order valence-electron chi connectivity index (χ1n) is 9.90. The maximum Gasteiger partial charge on any atom is 0.191 e. The van der Waals surface area contributed by atoms with Gasteiger partial charge < -0.3 is 20.3 Å². The van der Waals surface area contributed by atoms with Gasteiger partial charge >= 0.3 is 0 Å². The number of nitrogens with zero attached hydrogens (tertiary/aromatic N) is 2. The molecule has 5 nitrogen and oxygen atoms in total. The molecular weight excluding hydrogens is 495 g/mol. The van der Waals surface area contributed by atoms with Gasteiger partial charge in [0.25, 0.3) is 0 Å². The number of hydrogen-bond donors (Lipinski definition) is 2. The number of aliphatic imine (C=N–C) groups is 1. The van der Waals surface area contributed by atoms with E-state index in [1.165, 1.54) is 10.4 Å². The normalized spacial score (nSPS) is 12.4. The van der Waals surface area contributed by atoms with Gasteiger partial charge in [0.1, 0.15) is 5.75 Å². The highest BCUT2D eigenvalue weighted by atomic mass is 127. The fourth-order valence-electron chi connectivity index (χ4n) is 2.80. The van der Waals surface area contributed by atoms with Gasteiger partial charge in [0.15, 0.2) is 5.96 Å². The zero-order valence-electron chi connectivity index (χ0n) is 18.0. The summed E-state index contributed by atoms with van der Waals surface area (Å²) in [6, 6.07) is 12.6. The monoisotopic (exact) mass is 530 g/mol. The first-order valence-corrected chi connectivity index (χ1v) is 10.8. The Hall–Kier alpha value is -1.32. The molecule has 2 rings (SSSR count). The van der Waals surface area contributed by atoms with Crippen molar-refractivity contribution in [2.24, 2.45) is 10.9 Å². The van der Waals surface area contributed by atoms with E-state index >= 15 is 0 Å². The maximum atomic E-state index is 5.78. The van der Waals surface area contributed by atoms with Crippen LogP contribution in [0.25, 0.3) is 0 Å². The Balaban J connectivity index is 0.00000420. The molecule has 2 aromatic rings. The van der Waals surface area contributed by atoms with Crippen LogP contribution in [0.15, 0.2) is 46.8 Å². The Kier molecular flexibility index (Phi) is 13.0. The van der Waals surface area contributed by atoms with Gasteiger partial charge in [-0.2, -0.15) is 0 Å². The maximum absolute atomic E-state index is 5.78. The molecule has 1 aromatic heterocycles. The van der Waals surface area contributed by atoms with E-state index in [2.05, 4.69) is 71.2 Å². The number of rotatable bonds is 11. The van der Waals surface area contributed by atoms with Crippen LogP contribution in [0.3, 0.4) is 0 Å². The number of guanidine groups is 1. The molecule has 1 unspecified atom stereocenters. The molecule has 1 aromatic carbocycles. The van der Waals surface area contributed by atoms with Crippen LogP contribution in [-0.2, 0) is 13.0 Å². The van der Waals surface area contributed by atoms with E-state index in [-0.39, 0.29) is 24.0 Å². The highest BCUT2D eigenvalue weighted by Crippen LogP contribution is 2.14. The molecule has 29 heavy (non-hydrogen) atoms. The van der Waals surface area contributed by atoms with Crippen molar-refractivity contribution in [2.45, 2.75) is 26.3 Å². The van der Waals surface area contributed by atoms with Crippen molar-refractivity contribution in [3.05, 3.63) is 52.2 Å². The van der Waals surface area contributed by atoms with E-state index in [1.807, 2.05) is 30.5 Å². The average molecular weight is 531 g/mol. The van der Waals surface area contributed by atoms with Crippen molar-refractivity contribution in [1.82, 2.24) is 15.5 Å². The van der Waals surface area contributed by atoms with Gasteiger partial charge in [-0.05, 0) is 62.0 Å². The number of hydrogen-bond acceptors (Lipinski definition) is 4. The van der Waals surface area contributed by atoms with E-state index in [4.69, 9.17) is 4.74 Å². The Labute approximate surface area is 197 Å². The molecule has 0 spiro atoms. The van der Waals surface area contributed by atoms with E-state index < -0.39 is 0 Å². The smallest absolute Gasteiger partial charge is 0.191 e. The SMILES string of the molecule is CN=C(NCc1ccc(OCCCN(C)C)cc1)NCC(C)Cc1cccs1.I. The van der Waals surface area contributed by atoms with Crippen LogP contribution in [-0.4, -0.2) is 51.7 Å². The summed E-state index contributed by atoms with van der Waals surface area (Å²) in [4.78, 5) is 7.92. The summed E-state index contributed by atoms with van der Waals surface area (Å²) in [6.45, 7) is 5.69. The molecule has 0 saturated heterocycles. The van der Waals surface area contributed by atoms with Crippen LogP contribution < -0.4 is 15.4 Å². The fourth-order valence-corrected chi connectivity index (χ4v) is 3.67. The first-order chi connectivity index (χ1) is 13.6. The zero-order chi connectivity index (χ0) is 20.2. The van der Waals surface area contributed by atoms with Gasteiger partial charge in [-0.15, -0.1) is 35.3 Å². The number of ether oxygens (including phenoxy) is 1. The highest BCUT2D eigenvalue weighted by molar-refractivity contribution is 14.0.